The third kappa shape index (κ3) is 13.0. The molecule has 1 rings (SSSR count). The summed E-state index contributed by atoms with van der Waals surface area (Å²) >= 11 is 0. The summed E-state index contributed by atoms with van der Waals surface area (Å²) in [6, 6.07) is 6.58. The molecule has 0 aliphatic rings. The van der Waals surface area contributed by atoms with Crippen LogP contribution in [0.25, 0.3) is 0 Å². The third-order valence-corrected chi connectivity index (χ3v) is 4.79. The Morgan fingerprint density at radius 1 is 0.741 bits per heavy atom. The molecule has 1 N–H and O–H groups in total. The molecule has 0 bridgehead atoms. The number of aromatic carboxylic acids is 1. The number of hydrogen-bond donors (Lipinski definition) is 1. The standard InChI is InChI=1S/C23H36O4/c1-20(24)14-12-10-8-6-4-2-3-5-7-9-11-13-19-27-22-17-15-21(16-18-22)23(25)26/h15-18H,2-14,19H2,1H3,(H,25,26). The van der Waals surface area contributed by atoms with E-state index in [0.717, 1.165) is 25.0 Å². The molecule has 0 aliphatic carbocycles. The second-order valence-corrected chi connectivity index (χ2v) is 7.37. The van der Waals surface area contributed by atoms with Gasteiger partial charge in [-0.25, -0.2) is 4.79 Å². The lowest BCUT2D eigenvalue weighted by atomic mass is 10.0. The van der Waals surface area contributed by atoms with E-state index in [9.17, 15) is 9.59 Å². The van der Waals surface area contributed by atoms with Crippen molar-refractivity contribution in [1.29, 1.82) is 0 Å². The Morgan fingerprint density at radius 2 is 1.19 bits per heavy atom. The Hall–Kier alpha value is -1.84. The Labute approximate surface area is 164 Å². The number of rotatable bonds is 17. The van der Waals surface area contributed by atoms with Gasteiger partial charge in [-0.1, -0.05) is 64.2 Å². The molecule has 0 amide bonds. The normalized spacial score (nSPS) is 10.7. The number of ketones is 1. The average molecular weight is 377 g/mol. The molecule has 0 saturated carbocycles. The monoisotopic (exact) mass is 376 g/mol. The van der Waals surface area contributed by atoms with Crippen molar-refractivity contribution in [2.75, 3.05) is 6.61 Å². The third-order valence-electron chi connectivity index (χ3n) is 4.79. The molecule has 1 aromatic carbocycles. The van der Waals surface area contributed by atoms with Crippen LogP contribution in [-0.2, 0) is 4.79 Å². The largest absolute Gasteiger partial charge is 0.494 e. The van der Waals surface area contributed by atoms with Gasteiger partial charge in [-0.3, -0.25) is 0 Å². The van der Waals surface area contributed by atoms with E-state index >= 15 is 0 Å². The van der Waals surface area contributed by atoms with Crippen LogP contribution in [0, 0.1) is 0 Å². The number of ether oxygens (including phenoxy) is 1. The highest BCUT2D eigenvalue weighted by Gasteiger charge is 2.02. The fraction of sp³-hybridized carbons (Fsp3) is 0.652. The van der Waals surface area contributed by atoms with Crippen LogP contribution in [0.15, 0.2) is 24.3 Å². The van der Waals surface area contributed by atoms with E-state index in [1.807, 2.05) is 0 Å². The number of benzene rings is 1. The van der Waals surface area contributed by atoms with Crippen LogP contribution in [0.5, 0.6) is 5.75 Å². The van der Waals surface area contributed by atoms with Crippen molar-refractivity contribution in [1.82, 2.24) is 0 Å². The van der Waals surface area contributed by atoms with Gasteiger partial charge >= 0.3 is 5.97 Å². The zero-order valence-electron chi connectivity index (χ0n) is 16.9. The highest BCUT2D eigenvalue weighted by Crippen LogP contribution is 2.14. The maximum atomic E-state index is 10.8. The maximum Gasteiger partial charge on any atom is 0.335 e. The lowest BCUT2D eigenvalue weighted by Gasteiger charge is -2.06. The van der Waals surface area contributed by atoms with Gasteiger partial charge in [-0.2, -0.15) is 0 Å². The minimum atomic E-state index is -0.911. The molecule has 152 valence electrons. The van der Waals surface area contributed by atoms with E-state index in [2.05, 4.69) is 0 Å². The lowest BCUT2D eigenvalue weighted by Crippen LogP contribution is -1.99. The molecular weight excluding hydrogens is 340 g/mol. The predicted molar refractivity (Wildman–Crippen MR) is 110 cm³/mol. The van der Waals surface area contributed by atoms with Gasteiger partial charge in [0.15, 0.2) is 0 Å². The van der Waals surface area contributed by atoms with Crippen molar-refractivity contribution in [2.24, 2.45) is 0 Å². The molecule has 27 heavy (non-hydrogen) atoms. The number of carboxylic acid groups (broad SMARTS) is 1. The van der Waals surface area contributed by atoms with E-state index < -0.39 is 5.97 Å². The van der Waals surface area contributed by atoms with Gasteiger partial charge in [0.05, 0.1) is 12.2 Å². The van der Waals surface area contributed by atoms with Gasteiger partial charge in [0.25, 0.3) is 0 Å². The summed E-state index contributed by atoms with van der Waals surface area (Å²) in [4.78, 5) is 21.6. The minimum absolute atomic E-state index is 0.287. The minimum Gasteiger partial charge on any atom is -0.494 e. The number of hydrogen-bond acceptors (Lipinski definition) is 3. The molecule has 1 aromatic rings. The van der Waals surface area contributed by atoms with Crippen LogP contribution in [0.4, 0.5) is 0 Å². The average Bonchev–Trinajstić information content (AvgIpc) is 2.65. The van der Waals surface area contributed by atoms with Gasteiger partial charge < -0.3 is 14.6 Å². The highest BCUT2D eigenvalue weighted by molar-refractivity contribution is 5.87. The first-order valence-electron chi connectivity index (χ1n) is 10.5. The first-order chi connectivity index (χ1) is 13.1. The van der Waals surface area contributed by atoms with Gasteiger partial charge in [0.1, 0.15) is 11.5 Å². The second kappa shape index (κ2) is 15.2. The van der Waals surface area contributed by atoms with Crippen LogP contribution in [0.2, 0.25) is 0 Å². The smallest absolute Gasteiger partial charge is 0.335 e. The molecule has 4 nitrogen and oxygen atoms in total. The molecule has 0 aliphatic heterocycles. The topological polar surface area (TPSA) is 63.6 Å². The second-order valence-electron chi connectivity index (χ2n) is 7.37. The number of carboxylic acids is 1. The summed E-state index contributed by atoms with van der Waals surface area (Å²) in [7, 11) is 0. The quantitative estimate of drug-likeness (QED) is 0.318. The van der Waals surface area contributed by atoms with Crippen molar-refractivity contribution in [3.05, 3.63) is 29.8 Å². The Bertz CT molecular complexity index is 522. The SMILES string of the molecule is CC(=O)CCCCCCCCCCCCCCOc1ccc(C(=O)O)cc1. The van der Waals surface area contributed by atoms with Gasteiger partial charge in [-0.15, -0.1) is 0 Å². The van der Waals surface area contributed by atoms with Crippen molar-refractivity contribution in [3.63, 3.8) is 0 Å². The maximum absolute atomic E-state index is 10.8. The predicted octanol–water partition coefficient (Wildman–Crippen LogP) is 6.42. The van der Waals surface area contributed by atoms with E-state index in [1.165, 1.54) is 64.2 Å². The highest BCUT2D eigenvalue weighted by atomic mass is 16.5. The van der Waals surface area contributed by atoms with E-state index in [0.29, 0.717) is 12.4 Å². The zero-order chi connectivity index (χ0) is 19.7. The molecule has 0 spiro atoms. The molecule has 0 fully saturated rings. The first-order valence-corrected chi connectivity index (χ1v) is 10.5. The van der Waals surface area contributed by atoms with Gasteiger partial charge in [0, 0.05) is 6.42 Å². The van der Waals surface area contributed by atoms with Crippen molar-refractivity contribution < 1.29 is 19.4 Å². The molecule has 4 heteroatoms. The fourth-order valence-electron chi connectivity index (χ4n) is 3.13. The molecule has 0 radical (unpaired) electrons. The molecule has 0 saturated heterocycles. The Balaban J connectivity index is 1.82. The fourth-order valence-corrected chi connectivity index (χ4v) is 3.13. The summed E-state index contributed by atoms with van der Waals surface area (Å²) in [5.41, 5.74) is 0.287. The molecule has 0 heterocycles. The summed E-state index contributed by atoms with van der Waals surface area (Å²) in [6.07, 6.45) is 15.7. The van der Waals surface area contributed by atoms with E-state index in [1.54, 1.807) is 31.2 Å². The number of carbonyl (C=O) groups excluding carboxylic acids is 1. The van der Waals surface area contributed by atoms with Gasteiger partial charge in [-0.05, 0) is 44.0 Å². The van der Waals surface area contributed by atoms with Crippen LogP contribution < -0.4 is 4.74 Å². The van der Waals surface area contributed by atoms with Crippen LogP contribution in [0.3, 0.4) is 0 Å². The molecule has 0 atom stereocenters. The van der Waals surface area contributed by atoms with Crippen LogP contribution >= 0.6 is 0 Å². The Morgan fingerprint density at radius 3 is 1.63 bits per heavy atom. The molecular formula is C23H36O4. The van der Waals surface area contributed by atoms with Crippen LogP contribution in [-0.4, -0.2) is 23.5 Å². The van der Waals surface area contributed by atoms with E-state index in [-0.39, 0.29) is 5.56 Å². The summed E-state index contributed by atoms with van der Waals surface area (Å²) in [5, 5.41) is 8.85. The summed E-state index contributed by atoms with van der Waals surface area (Å²) in [6.45, 7) is 2.37. The number of unbranched alkanes of at least 4 members (excludes halogenated alkanes) is 11. The summed E-state index contributed by atoms with van der Waals surface area (Å²) in [5.74, 6) is 0.142. The van der Waals surface area contributed by atoms with Gasteiger partial charge in [0.2, 0.25) is 0 Å². The summed E-state index contributed by atoms with van der Waals surface area (Å²) < 4.78 is 5.64. The van der Waals surface area contributed by atoms with Crippen LogP contribution in [0.1, 0.15) is 101 Å². The Kier molecular flexibility index (Phi) is 13.1. The molecule has 0 aromatic heterocycles. The van der Waals surface area contributed by atoms with Crippen molar-refractivity contribution in [3.8, 4) is 5.75 Å². The zero-order valence-corrected chi connectivity index (χ0v) is 16.9. The van der Waals surface area contributed by atoms with Crippen molar-refractivity contribution in [2.45, 2.75) is 90.4 Å². The van der Waals surface area contributed by atoms with Crippen molar-refractivity contribution >= 4 is 11.8 Å². The lowest BCUT2D eigenvalue weighted by molar-refractivity contribution is -0.117. The number of carbonyl (C=O) groups is 2. The van der Waals surface area contributed by atoms with E-state index in [4.69, 9.17) is 9.84 Å². The number of Topliss-reactive ketones (excluding diaryl/α,β-unsaturated/α-hetero) is 1. The first kappa shape index (κ1) is 23.2. The molecule has 0 unspecified atom stereocenters.